The third kappa shape index (κ3) is 1.76. The molecule has 0 aromatic carbocycles. The zero-order chi connectivity index (χ0) is 11.0. The van der Waals surface area contributed by atoms with Crippen molar-refractivity contribution in [1.29, 1.82) is 0 Å². The Morgan fingerprint density at radius 2 is 2.06 bits per heavy atom. The van der Waals surface area contributed by atoms with Crippen LogP contribution in [0.3, 0.4) is 0 Å². The molecule has 0 aliphatic carbocycles. The molecule has 2 aliphatic rings. The first-order chi connectivity index (χ1) is 7.84. The molecular formula is C11H14ClN3O. The van der Waals surface area contributed by atoms with Crippen LogP contribution >= 0.6 is 11.6 Å². The summed E-state index contributed by atoms with van der Waals surface area (Å²) in [5.74, 6) is 0.943. The maximum Gasteiger partial charge on any atom is 0.224 e. The van der Waals surface area contributed by atoms with Gasteiger partial charge in [-0.3, -0.25) is 0 Å². The smallest absolute Gasteiger partial charge is 0.224 e. The number of piperidine rings is 1. The molecular weight excluding hydrogens is 226 g/mol. The SMILES string of the molecule is Clc1nccc(N2C3CCCC2COC3)n1. The van der Waals surface area contributed by atoms with Crippen LogP contribution < -0.4 is 4.90 Å². The second kappa shape index (κ2) is 4.18. The Labute approximate surface area is 99.6 Å². The van der Waals surface area contributed by atoms with Crippen LogP contribution in [0.5, 0.6) is 0 Å². The van der Waals surface area contributed by atoms with Gasteiger partial charge in [0, 0.05) is 6.20 Å². The highest BCUT2D eigenvalue weighted by molar-refractivity contribution is 6.28. The van der Waals surface area contributed by atoms with E-state index < -0.39 is 0 Å². The highest BCUT2D eigenvalue weighted by Crippen LogP contribution is 2.31. The number of morpholine rings is 1. The van der Waals surface area contributed by atoms with E-state index >= 15 is 0 Å². The Bertz CT molecular complexity index is 365. The van der Waals surface area contributed by atoms with Crippen molar-refractivity contribution in [3.05, 3.63) is 17.5 Å². The summed E-state index contributed by atoms with van der Waals surface area (Å²) in [6.45, 7) is 1.61. The zero-order valence-electron chi connectivity index (χ0n) is 8.97. The molecule has 4 nitrogen and oxygen atoms in total. The van der Waals surface area contributed by atoms with Crippen molar-refractivity contribution in [2.24, 2.45) is 0 Å². The van der Waals surface area contributed by atoms with Crippen LogP contribution in [0.1, 0.15) is 19.3 Å². The van der Waals surface area contributed by atoms with Gasteiger partial charge in [-0.25, -0.2) is 9.97 Å². The van der Waals surface area contributed by atoms with Crippen LogP contribution in [0.25, 0.3) is 0 Å². The van der Waals surface area contributed by atoms with E-state index in [0.717, 1.165) is 19.0 Å². The lowest BCUT2D eigenvalue weighted by molar-refractivity contribution is 0.0458. The number of nitrogens with zero attached hydrogens (tertiary/aromatic N) is 3. The predicted octanol–water partition coefficient (Wildman–Crippen LogP) is 1.89. The molecule has 2 saturated heterocycles. The fourth-order valence-electron chi connectivity index (χ4n) is 2.68. The lowest BCUT2D eigenvalue weighted by atomic mass is 9.94. The van der Waals surface area contributed by atoms with Gasteiger partial charge in [0.2, 0.25) is 5.28 Å². The van der Waals surface area contributed by atoms with Crippen molar-refractivity contribution in [3.8, 4) is 0 Å². The molecule has 3 rings (SSSR count). The molecule has 1 aromatic heterocycles. The summed E-state index contributed by atoms with van der Waals surface area (Å²) >= 11 is 5.84. The third-order valence-electron chi connectivity index (χ3n) is 3.36. The zero-order valence-corrected chi connectivity index (χ0v) is 9.73. The molecule has 3 heterocycles. The van der Waals surface area contributed by atoms with Gasteiger partial charge in [0.1, 0.15) is 5.82 Å². The van der Waals surface area contributed by atoms with E-state index in [2.05, 4.69) is 14.9 Å². The average molecular weight is 240 g/mol. The van der Waals surface area contributed by atoms with E-state index in [9.17, 15) is 0 Å². The Morgan fingerprint density at radius 1 is 1.31 bits per heavy atom. The number of fused-ring (bicyclic) bond motifs is 2. The second-order valence-electron chi connectivity index (χ2n) is 4.37. The number of rotatable bonds is 1. The molecule has 0 N–H and O–H groups in total. The lowest BCUT2D eigenvalue weighted by Crippen LogP contribution is -2.55. The number of hydrogen-bond acceptors (Lipinski definition) is 4. The molecule has 5 heteroatoms. The summed E-state index contributed by atoms with van der Waals surface area (Å²) in [5, 5.41) is 0.321. The van der Waals surface area contributed by atoms with Gasteiger partial charge in [0.15, 0.2) is 0 Å². The van der Waals surface area contributed by atoms with Crippen LogP contribution in [0.2, 0.25) is 5.28 Å². The number of anilines is 1. The van der Waals surface area contributed by atoms with Gasteiger partial charge < -0.3 is 9.64 Å². The Hall–Kier alpha value is -0.870. The van der Waals surface area contributed by atoms with Crippen LogP contribution in [-0.4, -0.2) is 35.3 Å². The summed E-state index contributed by atoms with van der Waals surface area (Å²) in [6.07, 6.45) is 5.36. The molecule has 86 valence electrons. The normalized spacial score (nSPS) is 29.2. The van der Waals surface area contributed by atoms with E-state index in [1.54, 1.807) is 6.20 Å². The third-order valence-corrected chi connectivity index (χ3v) is 3.54. The van der Waals surface area contributed by atoms with Gasteiger partial charge in [-0.15, -0.1) is 0 Å². The average Bonchev–Trinajstić information content (AvgIpc) is 2.28. The highest BCUT2D eigenvalue weighted by Gasteiger charge is 2.35. The maximum atomic E-state index is 5.84. The van der Waals surface area contributed by atoms with Crippen molar-refractivity contribution in [3.63, 3.8) is 0 Å². The maximum absolute atomic E-state index is 5.84. The second-order valence-corrected chi connectivity index (χ2v) is 4.71. The van der Waals surface area contributed by atoms with Crippen LogP contribution in [0.4, 0.5) is 5.82 Å². The van der Waals surface area contributed by atoms with E-state index in [4.69, 9.17) is 16.3 Å². The van der Waals surface area contributed by atoms with E-state index in [1.165, 1.54) is 19.3 Å². The number of ether oxygens (including phenoxy) is 1. The van der Waals surface area contributed by atoms with Crippen LogP contribution in [0.15, 0.2) is 12.3 Å². The minimum Gasteiger partial charge on any atom is -0.377 e. The highest BCUT2D eigenvalue weighted by atomic mass is 35.5. The topological polar surface area (TPSA) is 38.2 Å². The number of halogens is 1. The van der Waals surface area contributed by atoms with Gasteiger partial charge >= 0.3 is 0 Å². The minimum atomic E-state index is 0.321. The molecule has 0 amide bonds. The molecule has 16 heavy (non-hydrogen) atoms. The first-order valence-corrected chi connectivity index (χ1v) is 6.07. The molecule has 0 radical (unpaired) electrons. The van der Waals surface area contributed by atoms with Gasteiger partial charge in [-0.05, 0) is 36.9 Å². The van der Waals surface area contributed by atoms with Crippen molar-refractivity contribution >= 4 is 17.4 Å². The molecule has 2 bridgehead atoms. The fourth-order valence-corrected chi connectivity index (χ4v) is 2.82. The largest absolute Gasteiger partial charge is 0.377 e. The number of aromatic nitrogens is 2. The quantitative estimate of drug-likeness (QED) is 0.702. The van der Waals surface area contributed by atoms with Gasteiger partial charge in [-0.1, -0.05) is 0 Å². The van der Waals surface area contributed by atoms with Gasteiger partial charge in [0.25, 0.3) is 0 Å². The number of hydrogen-bond donors (Lipinski definition) is 0. The molecule has 2 atom stereocenters. The predicted molar refractivity (Wildman–Crippen MR) is 61.8 cm³/mol. The Kier molecular flexibility index (Phi) is 2.69. The first-order valence-electron chi connectivity index (χ1n) is 5.69. The summed E-state index contributed by atoms with van der Waals surface area (Å²) in [5.41, 5.74) is 0. The molecule has 2 aliphatic heterocycles. The summed E-state index contributed by atoms with van der Waals surface area (Å²) in [4.78, 5) is 10.6. The molecule has 2 unspecified atom stereocenters. The Balaban J connectivity index is 1.92. The minimum absolute atomic E-state index is 0.321. The molecule has 0 spiro atoms. The van der Waals surface area contributed by atoms with Crippen molar-refractivity contribution in [1.82, 2.24) is 9.97 Å². The van der Waals surface area contributed by atoms with Gasteiger partial charge in [0.05, 0.1) is 25.3 Å². The van der Waals surface area contributed by atoms with E-state index in [-0.39, 0.29) is 0 Å². The fraction of sp³-hybridized carbons (Fsp3) is 0.636. The molecule has 1 aromatic rings. The summed E-state index contributed by atoms with van der Waals surface area (Å²) in [7, 11) is 0. The van der Waals surface area contributed by atoms with Gasteiger partial charge in [-0.2, -0.15) is 0 Å². The van der Waals surface area contributed by atoms with Crippen molar-refractivity contribution < 1.29 is 4.74 Å². The monoisotopic (exact) mass is 239 g/mol. The first kappa shape index (κ1) is 10.3. The van der Waals surface area contributed by atoms with E-state index in [0.29, 0.717) is 17.4 Å². The Morgan fingerprint density at radius 3 is 2.75 bits per heavy atom. The molecule has 0 saturated carbocycles. The summed E-state index contributed by atoms with van der Waals surface area (Å²) < 4.78 is 5.60. The lowest BCUT2D eigenvalue weighted by Gasteiger charge is -2.46. The standard InChI is InChI=1S/C11H14ClN3O/c12-11-13-5-4-10(14-11)15-8-2-1-3-9(15)7-16-6-8/h4-5,8-9H,1-3,6-7H2. The van der Waals surface area contributed by atoms with Crippen LogP contribution in [0, 0.1) is 0 Å². The van der Waals surface area contributed by atoms with E-state index in [1.807, 2.05) is 6.07 Å². The molecule has 2 fully saturated rings. The van der Waals surface area contributed by atoms with Crippen molar-refractivity contribution in [2.75, 3.05) is 18.1 Å². The van der Waals surface area contributed by atoms with Crippen molar-refractivity contribution in [2.45, 2.75) is 31.3 Å². The van der Waals surface area contributed by atoms with Crippen LogP contribution in [-0.2, 0) is 4.74 Å². The summed E-state index contributed by atoms with van der Waals surface area (Å²) in [6, 6.07) is 2.85.